The molecule has 1 aliphatic rings. The lowest BCUT2D eigenvalue weighted by molar-refractivity contribution is -0.0553. The molecule has 118 valence electrons. The average molecular weight is 312 g/mol. The number of sulfonamides is 1. The quantitative estimate of drug-likeness (QED) is 0.876. The van der Waals surface area contributed by atoms with E-state index < -0.39 is 10.0 Å². The van der Waals surface area contributed by atoms with Gasteiger partial charge in [0.25, 0.3) is 0 Å². The van der Waals surface area contributed by atoms with Gasteiger partial charge in [-0.2, -0.15) is 0 Å². The van der Waals surface area contributed by atoms with Gasteiger partial charge in [0.1, 0.15) is 4.90 Å². The Morgan fingerprint density at radius 1 is 1.33 bits per heavy atom. The normalized spacial score (nSPS) is 22.0. The summed E-state index contributed by atoms with van der Waals surface area (Å²) in [6.07, 6.45) is 1.72. The standard InChI is InChI=1S/C15H24N2O3S/c1-4-16-21(18,19)14-8-6-5-7-13(14)17-12-9-10-20-15(2,3)11-12/h5-8,12,16-17H,4,9-11H2,1-3H3. The second kappa shape index (κ2) is 6.34. The Labute approximate surface area is 127 Å². The Morgan fingerprint density at radius 2 is 2.05 bits per heavy atom. The molecule has 1 unspecified atom stereocenters. The maximum Gasteiger partial charge on any atom is 0.242 e. The van der Waals surface area contributed by atoms with E-state index in [0.29, 0.717) is 23.7 Å². The Bertz CT molecular complexity index is 584. The molecule has 0 aromatic heterocycles. The zero-order chi connectivity index (χ0) is 15.5. The Balaban J connectivity index is 2.21. The van der Waals surface area contributed by atoms with Crippen LogP contribution < -0.4 is 10.0 Å². The zero-order valence-electron chi connectivity index (χ0n) is 12.8. The molecule has 1 heterocycles. The summed E-state index contributed by atoms with van der Waals surface area (Å²) in [4.78, 5) is 0.302. The van der Waals surface area contributed by atoms with Crippen LogP contribution in [-0.4, -0.2) is 33.2 Å². The van der Waals surface area contributed by atoms with Crippen molar-refractivity contribution < 1.29 is 13.2 Å². The number of benzene rings is 1. The maximum absolute atomic E-state index is 12.2. The zero-order valence-corrected chi connectivity index (χ0v) is 13.7. The summed E-state index contributed by atoms with van der Waals surface area (Å²) < 4.78 is 32.7. The summed E-state index contributed by atoms with van der Waals surface area (Å²) >= 11 is 0. The lowest BCUT2D eigenvalue weighted by atomic mass is 9.94. The molecule has 0 bridgehead atoms. The van der Waals surface area contributed by atoms with Gasteiger partial charge in [-0.05, 0) is 38.8 Å². The van der Waals surface area contributed by atoms with Crippen molar-refractivity contribution >= 4 is 15.7 Å². The topological polar surface area (TPSA) is 67.4 Å². The number of rotatable bonds is 5. The Hall–Kier alpha value is -1.11. The number of hydrogen-bond donors (Lipinski definition) is 2. The molecule has 1 atom stereocenters. The van der Waals surface area contributed by atoms with E-state index in [1.807, 2.05) is 12.1 Å². The number of anilines is 1. The summed E-state index contributed by atoms with van der Waals surface area (Å²) in [7, 11) is -3.46. The monoisotopic (exact) mass is 312 g/mol. The molecule has 1 saturated heterocycles. The Morgan fingerprint density at radius 3 is 2.71 bits per heavy atom. The third-order valence-electron chi connectivity index (χ3n) is 3.57. The van der Waals surface area contributed by atoms with E-state index in [4.69, 9.17) is 4.74 Å². The minimum Gasteiger partial charge on any atom is -0.381 e. The summed E-state index contributed by atoms with van der Waals surface area (Å²) in [5.41, 5.74) is 0.479. The fourth-order valence-corrected chi connectivity index (χ4v) is 3.87. The number of hydrogen-bond acceptors (Lipinski definition) is 4. The first-order chi connectivity index (χ1) is 9.84. The second-order valence-corrected chi connectivity index (χ2v) is 7.68. The van der Waals surface area contributed by atoms with E-state index in [1.165, 1.54) is 0 Å². The van der Waals surface area contributed by atoms with Crippen LogP contribution in [0.4, 0.5) is 5.69 Å². The molecule has 0 amide bonds. The molecule has 2 N–H and O–H groups in total. The number of nitrogens with one attached hydrogen (secondary N) is 2. The Kier molecular flexibility index (Phi) is 4.91. The van der Waals surface area contributed by atoms with Crippen LogP contribution in [0.5, 0.6) is 0 Å². The van der Waals surface area contributed by atoms with Crippen molar-refractivity contribution in [1.82, 2.24) is 4.72 Å². The van der Waals surface area contributed by atoms with Crippen LogP contribution in [0.2, 0.25) is 0 Å². The minimum atomic E-state index is -3.46. The fourth-order valence-electron chi connectivity index (χ4n) is 2.66. The molecule has 1 aromatic rings. The van der Waals surface area contributed by atoms with E-state index in [1.54, 1.807) is 19.1 Å². The van der Waals surface area contributed by atoms with Gasteiger partial charge in [-0.15, -0.1) is 0 Å². The van der Waals surface area contributed by atoms with Gasteiger partial charge < -0.3 is 10.1 Å². The van der Waals surface area contributed by atoms with Crippen molar-refractivity contribution in [3.05, 3.63) is 24.3 Å². The molecule has 0 radical (unpaired) electrons. The van der Waals surface area contributed by atoms with Crippen LogP contribution >= 0.6 is 0 Å². The van der Waals surface area contributed by atoms with Gasteiger partial charge in [0.15, 0.2) is 0 Å². The van der Waals surface area contributed by atoms with Crippen molar-refractivity contribution in [2.45, 2.75) is 50.2 Å². The van der Waals surface area contributed by atoms with E-state index >= 15 is 0 Å². The smallest absolute Gasteiger partial charge is 0.242 e. The molecular weight excluding hydrogens is 288 g/mol. The van der Waals surface area contributed by atoms with Gasteiger partial charge in [-0.3, -0.25) is 0 Å². The first-order valence-electron chi connectivity index (χ1n) is 7.33. The fraction of sp³-hybridized carbons (Fsp3) is 0.600. The van der Waals surface area contributed by atoms with Crippen LogP contribution in [0, 0.1) is 0 Å². The van der Waals surface area contributed by atoms with Crippen molar-refractivity contribution in [2.24, 2.45) is 0 Å². The molecule has 2 rings (SSSR count). The first kappa shape index (κ1) is 16.3. The summed E-state index contributed by atoms with van der Waals surface area (Å²) in [5, 5.41) is 3.37. The third kappa shape index (κ3) is 4.18. The van der Waals surface area contributed by atoms with E-state index in [-0.39, 0.29) is 11.6 Å². The van der Waals surface area contributed by atoms with Gasteiger partial charge in [0.2, 0.25) is 10.0 Å². The largest absolute Gasteiger partial charge is 0.381 e. The average Bonchev–Trinajstić information content (AvgIpc) is 2.38. The lowest BCUT2D eigenvalue weighted by Gasteiger charge is -2.36. The van der Waals surface area contributed by atoms with E-state index in [9.17, 15) is 8.42 Å². The van der Waals surface area contributed by atoms with Crippen LogP contribution in [0.25, 0.3) is 0 Å². The van der Waals surface area contributed by atoms with Crippen LogP contribution in [0.15, 0.2) is 29.2 Å². The van der Waals surface area contributed by atoms with Gasteiger partial charge >= 0.3 is 0 Å². The first-order valence-corrected chi connectivity index (χ1v) is 8.81. The molecule has 0 spiro atoms. The van der Waals surface area contributed by atoms with Crippen LogP contribution in [0.3, 0.4) is 0 Å². The summed E-state index contributed by atoms with van der Waals surface area (Å²) in [5.74, 6) is 0. The summed E-state index contributed by atoms with van der Waals surface area (Å²) in [6, 6.07) is 7.24. The molecule has 0 aliphatic carbocycles. The van der Waals surface area contributed by atoms with Crippen molar-refractivity contribution in [3.8, 4) is 0 Å². The molecule has 6 heteroatoms. The van der Waals surface area contributed by atoms with Gasteiger partial charge in [-0.1, -0.05) is 19.1 Å². The highest BCUT2D eigenvalue weighted by Crippen LogP contribution is 2.28. The number of ether oxygens (including phenoxy) is 1. The van der Waals surface area contributed by atoms with Crippen molar-refractivity contribution in [2.75, 3.05) is 18.5 Å². The van der Waals surface area contributed by atoms with Gasteiger partial charge in [0.05, 0.1) is 11.3 Å². The molecule has 1 fully saturated rings. The molecule has 1 aliphatic heterocycles. The minimum absolute atomic E-state index is 0.175. The highest BCUT2D eigenvalue weighted by atomic mass is 32.2. The molecule has 1 aromatic carbocycles. The molecule has 0 saturated carbocycles. The van der Waals surface area contributed by atoms with Gasteiger partial charge in [0, 0.05) is 19.2 Å². The van der Waals surface area contributed by atoms with Crippen LogP contribution in [0.1, 0.15) is 33.6 Å². The highest BCUT2D eigenvalue weighted by Gasteiger charge is 2.29. The van der Waals surface area contributed by atoms with Crippen molar-refractivity contribution in [3.63, 3.8) is 0 Å². The number of para-hydroxylation sites is 1. The summed E-state index contributed by atoms with van der Waals surface area (Å²) in [6.45, 7) is 6.95. The van der Waals surface area contributed by atoms with Crippen molar-refractivity contribution in [1.29, 1.82) is 0 Å². The molecule has 5 nitrogen and oxygen atoms in total. The van der Waals surface area contributed by atoms with Gasteiger partial charge in [-0.25, -0.2) is 13.1 Å². The highest BCUT2D eigenvalue weighted by molar-refractivity contribution is 7.89. The SMILES string of the molecule is CCNS(=O)(=O)c1ccccc1NC1CCOC(C)(C)C1. The maximum atomic E-state index is 12.2. The second-order valence-electron chi connectivity index (χ2n) is 5.94. The third-order valence-corrected chi connectivity index (χ3v) is 5.17. The predicted octanol–water partition coefficient (Wildman–Crippen LogP) is 2.35. The van der Waals surface area contributed by atoms with E-state index in [2.05, 4.69) is 23.9 Å². The van der Waals surface area contributed by atoms with Crippen LogP contribution in [-0.2, 0) is 14.8 Å². The predicted molar refractivity (Wildman–Crippen MR) is 84.0 cm³/mol. The molecular formula is C15H24N2O3S. The van der Waals surface area contributed by atoms with E-state index in [0.717, 1.165) is 12.8 Å². The lowest BCUT2D eigenvalue weighted by Crippen LogP contribution is -2.40. The molecule has 21 heavy (non-hydrogen) atoms.